The van der Waals surface area contributed by atoms with E-state index in [4.69, 9.17) is 10.00 Å². The van der Waals surface area contributed by atoms with E-state index in [1.165, 1.54) is 4.90 Å². The van der Waals surface area contributed by atoms with Gasteiger partial charge in [0.1, 0.15) is 11.1 Å². The summed E-state index contributed by atoms with van der Waals surface area (Å²) in [6, 6.07) is 2.06. The van der Waals surface area contributed by atoms with Gasteiger partial charge in [0.2, 0.25) is 0 Å². The predicted molar refractivity (Wildman–Crippen MR) is 79.6 cm³/mol. The first kappa shape index (κ1) is 17.2. The number of hydrogen-bond donors (Lipinski definition) is 0. The van der Waals surface area contributed by atoms with Crippen LogP contribution in [-0.2, 0) is 9.53 Å². The summed E-state index contributed by atoms with van der Waals surface area (Å²) < 4.78 is 5.42. The molecule has 1 atom stereocenters. The number of Topliss-reactive ketones (excluding diaryl/α,β-unsaturated/α-hetero) is 1. The van der Waals surface area contributed by atoms with Crippen LogP contribution in [0.25, 0.3) is 0 Å². The van der Waals surface area contributed by atoms with Gasteiger partial charge >= 0.3 is 6.09 Å². The molecular formula is C16H24N2O3. The van der Waals surface area contributed by atoms with Gasteiger partial charge in [-0.3, -0.25) is 9.69 Å². The molecule has 5 nitrogen and oxygen atoms in total. The van der Waals surface area contributed by atoms with E-state index in [2.05, 4.69) is 12.6 Å². The van der Waals surface area contributed by atoms with Crippen LogP contribution in [0.3, 0.4) is 0 Å². The largest absolute Gasteiger partial charge is 0.444 e. The Kier molecular flexibility index (Phi) is 5.54. The highest BCUT2D eigenvalue weighted by atomic mass is 16.6. The standard InChI is InChI=1S/C16H24N2O3/c1-5-9-16(10-7-11-17)13(19)8-6-12-18(16)14(20)21-15(2,3)4/h5H,1,6-10,12H2,2-4H3/t16-/m1/s1. The number of ether oxygens (including phenoxy) is 1. The number of nitrogens with zero attached hydrogens (tertiary/aromatic N) is 2. The third-order valence-corrected chi connectivity index (χ3v) is 3.57. The van der Waals surface area contributed by atoms with Gasteiger partial charge < -0.3 is 4.74 Å². The topological polar surface area (TPSA) is 70.4 Å². The molecule has 0 unspecified atom stereocenters. The van der Waals surface area contributed by atoms with Crippen molar-refractivity contribution in [2.75, 3.05) is 6.54 Å². The van der Waals surface area contributed by atoms with E-state index in [1.807, 2.05) is 0 Å². The summed E-state index contributed by atoms with van der Waals surface area (Å²) in [5.74, 6) is -0.00485. The molecule has 0 aromatic carbocycles. The highest BCUT2D eigenvalue weighted by molar-refractivity contribution is 5.93. The second-order valence-electron chi connectivity index (χ2n) is 6.34. The predicted octanol–water partition coefficient (Wildman–Crippen LogP) is 3.21. The van der Waals surface area contributed by atoms with E-state index >= 15 is 0 Å². The summed E-state index contributed by atoms with van der Waals surface area (Å²) in [6.07, 6.45) is 3.11. The lowest BCUT2D eigenvalue weighted by atomic mass is 9.79. The van der Waals surface area contributed by atoms with Crippen molar-refractivity contribution in [2.45, 2.75) is 64.0 Å². The van der Waals surface area contributed by atoms with E-state index in [1.54, 1.807) is 26.8 Å². The first-order valence-corrected chi connectivity index (χ1v) is 7.28. The zero-order valence-corrected chi connectivity index (χ0v) is 13.1. The van der Waals surface area contributed by atoms with Gasteiger partial charge in [0.25, 0.3) is 0 Å². The van der Waals surface area contributed by atoms with Crippen LogP contribution in [0.15, 0.2) is 12.7 Å². The van der Waals surface area contributed by atoms with Crippen molar-refractivity contribution in [3.05, 3.63) is 12.7 Å². The molecule has 1 aliphatic heterocycles. The van der Waals surface area contributed by atoms with Gasteiger partial charge in [-0.2, -0.15) is 5.26 Å². The fourth-order valence-corrected chi connectivity index (χ4v) is 2.68. The quantitative estimate of drug-likeness (QED) is 0.746. The van der Waals surface area contributed by atoms with Crippen molar-refractivity contribution in [3.8, 4) is 6.07 Å². The molecule has 1 amide bonds. The van der Waals surface area contributed by atoms with E-state index in [0.717, 1.165) is 0 Å². The normalized spacial score (nSPS) is 22.6. The Balaban J connectivity index is 3.10. The zero-order valence-electron chi connectivity index (χ0n) is 13.1. The van der Waals surface area contributed by atoms with Crippen molar-refractivity contribution in [1.82, 2.24) is 4.90 Å². The maximum absolute atomic E-state index is 12.5. The molecule has 0 bridgehead atoms. The second-order valence-corrected chi connectivity index (χ2v) is 6.34. The Morgan fingerprint density at radius 2 is 2.24 bits per heavy atom. The lowest BCUT2D eigenvalue weighted by Crippen LogP contribution is -2.60. The van der Waals surface area contributed by atoms with Crippen molar-refractivity contribution in [2.24, 2.45) is 0 Å². The average molecular weight is 292 g/mol. The average Bonchev–Trinajstić information content (AvgIpc) is 2.37. The molecule has 21 heavy (non-hydrogen) atoms. The number of carbonyl (C=O) groups is 2. The number of rotatable bonds is 4. The molecule has 0 saturated carbocycles. The van der Waals surface area contributed by atoms with E-state index in [0.29, 0.717) is 32.2 Å². The Hall–Kier alpha value is -1.83. The van der Waals surface area contributed by atoms with Crippen molar-refractivity contribution < 1.29 is 14.3 Å². The van der Waals surface area contributed by atoms with E-state index in [9.17, 15) is 9.59 Å². The van der Waals surface area contributed by atoms with Crippen molar-refractivity contribution in [3.63, 3.8) is 0 Å². The summed E-state index contributed by atoms with van der Waals surface area (Å²) in [4.78, 5) is 26.4. The SMILES string of the molecule is C=CC[C@@]1(CCC#N)C(=O)CCCN1C(=O)OC(C)(C)C. The third-order valence-electron chi connectivity index (χ3n) is 3.57. The number of likely N-dealkylation sites (tertiary alicyclic amines) is 1. The van der Waals surface area contributed by atoms with E-state index < -0.39 is 17.2 Å². The minimum atomic E-state index is -0.974. The van der Waals surface area contributed by atoms with Gasteiger partial charge in [0, 0.05) is 19.4 Å². The Morgan fingerprint density at radius 1 is 1.57 bits per heavy atom. The number of carbonyl (C=O) groups excluding carboxylic acids is 2. The lowest BCUT2D eigenvalue weighted by molar-refractivity contribution is -0.135. The smallest absolute Gasteiger partial charge is 0.411 e. The Labute approximate surface area is 126 Å². The van der Waals surface area contributed by atoms with Gasteiger partial charge in [0.15, 0.2) is 5.78 Å². The molecule has 5 heteroatoms. The van der Waals surface area contributed by atoms with Crippen LogP contribution in [0.4, 0.5) is 4.79 Å². The number of nitriles is 1. The fourth-order valence-electron chi connectivity index (χ4n) is 2.68. The molecule has 0 radical (unpaired) electrons. The van der Waals surface area contributed by atoms with Crippen LogP contribution in [0, 0.1) is 11.3 Å². The van der Waals surface area contributed by atoms with Crippen LogP contribution >= 0.6 is 0 Å². The molecule has 0 aromatic heterocycles. The number of amides is 1. The van der Waals surface area contributed by atoms with Gasteiger partial charge in [-0.05, 0) is 40.0 Å². The highest BCUT2D eigenvalue weighted by Gasteiger charge is 2.47. The first-order valence-electron chi connectivity index (χ1n) is 7.28. The van der Waals surface area contributed by atoms with Crippen molar-refractivity contribution in [1.29, 1.82) is 5.26 Å². The maximum Gasteiger partial charge on any atom is 0.411 e. The van der Waals surface area contributed by atoms with Gasteiger partial charge in [-0.1, -0.05) is 6.08 Å². The molecule has 1 rings (SSSR count). The number of piperidine rings is 1. The number of ketones is 1. The third kappa shape index (κ3) is 4.07. The molecule has 0 spiro atoms. The Bertz CT molecular complexity index is 459. The van der Waals surface area contributed by atoms with Crippen LogP contribution in [-0.4, -0.2) is 34.5 Å². The summed E-state index contributed by atoms with van der Waals surface area (Å²) in [7, 11) is 0. The summed E-state index contributed by atoms with van der Waals surface area (Å²) in [6.45, 7) is 9.55. The minimum absolute atomic E-state index is 0.00485. The van der Waals surface area contributed by atoms with Crippen LogP contribution < -0.4 is 0 Å². The van der Waals surface area contributed by atoms with Gasteiger partial charge in [0.05, 0.1) is 6.07 Å². The molecule has 116 valence electrons. The molecule has 1 saturated heterocycles. The molecular weight excluding hydrogens is 268 g/mol. The molecule has 0 aliphatic carbocycles. The molecule has 1 heterocycles. The molecule has 1 aliphatic rings. The van der Waals surface area contributed by atoms with Crippen LogP contribution in [0.2, 0.25) is 0 Å². The summed E-state index contributed by atoms with van der Waals surface area (Å²) in [5, 5.41) is 8.86. The molecule has 1 fully saturated rings. The first-order chi connectivity index (χ1) is 9.77. The zero-order chi connectivity index (χ0) is 16.1. The fraction of sp³-hybridized carbons (Fsp3) is 0.688. The van der Waals surface area contributed by atoms with E-state index in [-0.39, 0.29) is 12.2 Å². The monoisotopic (exact) mass is 292 g/mol. The number of hydrogen-bond acceptors (Lipinski definition) is 4. The lowest BCUT2D eigenvalue weighted by Gasteiger charge is -2.45. The maximum atomic E-state index is 12.5. The molecule has 0 N–H and O–H groups in total. The van der Waals surface area contributed by atoms with Crippen LogP contribution in [0.1, 0.15) is 52.9 Å². The Morgan fingerprint density at radius 3 is 2.76 bits per heavy atom. The van der Waals surface area contributed by atoms with Gasteiger partial charge in [-0.25, -0.2) is 4.79 Å². The highest BCUT2D eigenvalue weighted by Crippen LogP contribution is 2.34. The van der Waals surface area contributed by atoms with Crippen LogP contribution in [0.5, 0.6) is 0 Å². The summed E-state index contributed by atoms with van der Waals surface area (Å²) >= 11 is 0. The van der Waals surface area contributed by atoms with Gasteiger partial charge in [-0.15, -0.1) is 6.58 Å². The minimum Gasteiger partial charge on any atom is -0.444 e. The summed E-state index contributed by atoms with van der Waals surface area (Å²) in [5.41, 5.74) is -1.59. The van der Waals surface area contributed by atoms with Crippen molar-refractivity contribution >= 4 is 11.9 Å². The second kappa shape index (κ2) is 6.75. The molecule has 0 aromatic rings.